The summed E-state index contributed by atoms with van der Waals surface area (Å²) >= 11 is 0. The molecule has 1 amide bonds. The van der Waals surface area contributed by atoms with Crippen LogP contribution in [0, 0.1) is 5.82 Å². The molecular formula is C27H31FN2O4. The number of benzene rings is 2. The zero-order valence-corrected chi connectivity index (χ0v) is 19.9. The maximum Gasteiger partial charge on any atom is 0.295 e. The van der Waals surface area contributed by atoms with Crippen molar-refractivity contribution in [2.24, 2.45) is 0 Å². The van der Waals surface area contributed by atoms with Gasteiger partial charge < -0.3 is 19.6 Å². The molecular weight excluding hydrogens is 435 g/mol. The molecule has 0 spiro atoms. The number of nitrogens with zero attached hydrogens (tertiary/aromatic N) is 2. The second kappa shape index (κ2) is 9.97. The third kappa shape index (κ3) is 4.44. The van der Waals surface area contributed by atoms with Crippen molar-refractivity contribution >= 4 is 17.4 Å². The predicted octanol–water partition coefficient (Wildman–Crippen LogP) is 4.30. The molecule has 0 unspecified atom stereocenters. The largest absolute Gasteiger partial charge is 0.507 e. The van der Waals surface area contributed by atoms with E-state index in [1.807, 2.05) is 6.92 Å². The predicted molar refractivity (Wildman–Crippen MR) is 128 cm³/mol. The molecule has 1 fully saturated rings. The Bertz CT molecular complexity index is 1130. The molecule has 2 aliphatic rings. The summed E-state index contributed by atoms with van der Waals surface area (Å²) in [4.78, 5) is 29.8. The molecule has 0 aromatic heterocycles. The van der Waals surface area contributed by atoms with E-state index in [-0.39, 0.29) is 29.5 Å². The summed E-state index contributed by atoms with van der Waals surface area (Å²) in [6, 6.07) is 10.3. The van der Waals surface area contributed by atoms with Crippen molar-refractivity contribution in [2.75, 3.05) is 26.2 Å². The van der Waals surface area contributed by atoms with E-state index in [0.717, 1.165) is 30.9 Å². The van der Waals surface area contributed by atoms with Crippen molar-refractivity contribution < 1.29 is 23.8 Å². The Hall–Kier alpha value is -3.19. The van der Waals surface area contributed by atoms with Crippen LogP contribution in [0.4, 0.5) is 4.39 Å². The molecule has 0 radical (unpaired) electrons. The molecule has 2 heterocycles. The molecule has 2 atom stereocenters. The van der Waals surface area contributed by atoms with Crippen LogP contribution in [0.3, 0.4) is 0 Å². The Morgan fingerprint density at radius 2 is 1.91 bits per heavy atom. The minimum atomic E-state index is -0.985. The molecule has 0 bridgehead atoms. The van der Waals surface area contributed by atoms with E-state index in [2.05, 4.69) is 18.7 Å². The van der Waals surface area contributed by atoms with Crippen LogP contribution < -0.4 is 4.74 Å². The van der Waals surface area contributed by atoms with Crippen molar-refractivity contribution in [3.8, 4) is 5.75 Å². The van der Waals surface area contributed by atoms with Crippen LogP contribution >= 0.6 is 0 Å². The number of likely N-dealkylation sites (tertiary alicyclic amines) is 1. The summed E-state index contributed by atoms with van der Waals surface area (Å²) < 4.78 is 20.6. The number of rotatable bonds is 8. The summed E-state index contributed by atoms with van der Waals surface area (Å²) in [5.41, 5.74) is 1.46. The van der Waals surface area contributed by atoms with Crippen molar-refractivity contribution in [3.05, 3.63) is 70.5 Å². The number of aliphatic hydroxyl groups is 1. The first-order chi connectivity index (χ1) is 16.3. The van der Waals surface area contributed by atoms with Gasteiger partial charge in [0.1, 0.15) is 23.4 Å². The van der Waals surface area contributed by atoms with Gasteiger partial charge in [0.2, 0.25) is 0 Å². The average Bonchev–Trinajstić information content (AvgIpc) is 3.32. The van der Waals surface area contributed by atoms with Crippen molar-refractivity contribution in [1.82, 2.24) is 9.80 Å². The highest BCUT2D eigenvalue weighted by Crippen LogP contribution is 2.41. The standard InChI is InChI=1S/C27H31FN2O4/c1-4-29(5-2)13-8-14-30-24(20-9-6-7-10-21(20)28)23(26(32)27(30)33)25(31)18-11-12-22-19(16-18)15-17(3)34-22/h6-7,9-12,16-17,24,31H,4-5,8,13-15H2,1-3H3/t17-,24-/m0/s1. The van der Waals surface area contributed by atoms with Crippen LogP contribution in [-0.2, 0) is 16.0 Å². The van der Waals surface area contributed by atoms with E-state index in [9.17, 15) is 19.1 Å². The fourth-order valence-corrected chi connectivity index (χ4v) is 4.86. The Morgan fingerprint density at radius 3 is 2.62 bits per heavy atom. The smallest absolute Gasteiger partial charge is 0.295 e. The van der Waals surface area contributed by atoms with Gasteiger partial charge in [-0.25, -0.2) is 4.39 Å². The Labute approximate surface area is 199 Å². The Kier molecular flexibility index (Phi) is 7.03. The van der Waals surface area contributed by atoms with Gasteiger partial charge in [-0.1, -0.05) is 32.0 Å². The van der Waals surface area contributed by atoms with Crippen molar-refractivity contribution in [1.29, 1.82) is 0 Å². The van der Waals surface area contributed by atoms with Crippen LogP contribution in [0.1, 0.15) is 49.9 Å². The summed E-state index contributed by atoms with van der Waals surface area (Å²) in [6.45, 7) is 8.89. The SMILES string of the molecule is CCN(CC)CCCN1C(=O)C(=O)C(=C(O)c2ccc3c(c2)C[C@H](C)O3)[C@@H]1c1ccccc1F. The molecule has 2 aliphatic heterocycles. The van der Waals surface area contributed by atoms with E-state index >= 15 is 0 Å². The molecule has 2 aromatic rings. The van der Waals surface area contributed by atoms with Gasteiger partial charge >= 0.3 is 0 Å². The van der Waals surface area contributed by atoms with Crippen LogP contribution in [0.25, 0.3) is 5.76 Å². The van der Waals surface area contributed by atoms with Gasteiger partial charge in [0.15, 0.2) is 0 Å². The van der Waals surface area contributed by atoms with Gasteiger partial charge in [-0.15, -0.1) is 0 Å². The maximum atomic E-state index is 14.9. The molecule has 6 nitrogen and oxygen atoms in total. The number of carbonyl (C=O) groups excluding carboxylic acids is 2. The number of ketones is 1. The first-order valence-electron chi connectivity index (χ1n) is 11.9. The lowest BCUT2D eigenvalue weighted by molar-refractivity contribution is -0.140. The van der Waals surface area contributed by atoms with E-state index < -0.39 is 23.5 Å². The number of aliphatic hydroxyl groups excluding tert-OH is 1. The van der Waals surface area contributed by atoms with Crippen LogP contribution in [-0.4, -0.2) is 58.9 Å². The molecule has 7 heteroatoms. The zero-order chi connectivity index (χ0) is 24.4. The highest BCUT2D eigenvalue weighted by molar-refractivity contribution is 6.46. The number of hydrogen-bond donors (Lipinski definition) is 1. The molecule has 0 aliphatic carbocycles. The number of Topliss-reactive ketones (excluding diaryl/α,β-unsaturated/α-hetero) is 1. The monoisotopic (exact) mass is 466 g/mol. The lowest BCUT2D eigenvalue weighted by Crippen LogP contribution is -2.33. The zero-order valence-electron chi connectivity index (χ0n) is 19.9. The average molecular weight is 467 g/mol. The van der Waals surface area contributed by atoms with Gasteiger partial charge in [-0.3, -0.25) is 9.59 Å². The van der Waals surface area contributed by atoms with Gasteiger partial charge in [0.05, 0.1) is 11.6 Å². The Balaban J connectivity index is 1.74. The minimum absolute atomic E-state index is 0.0298. The maximum absolute atomic E-state index is 14.9. The number of ether oxygens (including phenoxy) is 1. The number of hydrogen-bond acceptors (Lipinski definition) is 5. The fraction of sp³-hybridized carbons (Fsp3) is 0.407. The second-order valence-corrected chi connectivity index (χ2v) is 8.85. The summed E-state index contributed by atoms with van der Waals surface area (Å²) in [5, 5.41) is 11.2. The first kappa shape index (κ1) is 24.0. The molecule has 0 saturated carbocycles. The van der Waals surface area contributed by atoms with Gasteiger partial charge in [0, 0.05) is 24.1 Å². The van der Waals surface area contributed by atoms with Crippen LogP contribution in [0.2, 0.25) is 0 Å². The topological polar surface area (TPSA) is 70.1 Å². The van der Waals surface area contributed by atoms with Crippen LogP contribution in [0.5, 0.6) is 5.75 Å². The molecule has 2 aromatic carbocycles. The van der Waals surface area contributed by atoms with E-state index in [0.29, 0.717) is 18.4 Å². The van der Waals surface area contributed by atoms with Gasteiger partial charge in [0.25, 0.3) is 11.7 Å². The molecule has 34 heavy (non-hydrogen) atoms. The fourth-order valence-electron chi connectivity index (χ4n) is 4.86. The van der Waals surface area contributed by atoms with Crippen molar-refractivity contribution in [3.63, 3.8) is 0 Å². The third-order valence-electron chi connectivity index (χ3n) is 6.68. The minimum Gasteiger partial charge on any atom is -0.507 e. The normalized spacial score (nSPS) is 21.3. The first-order valence-corrected chi connectivity index (χ1v) is 11.9. The van der Waals surface area contributed by atoms with Crippen molar-refractivity contribution in [2.45, 2.75) is 45.8 Å². The molecule has 1 N–H and O–H groups in total. The summed E-state index contributed by atoms with van der Waals surface area (Å²) in [6.07, 6.45) is 1.35. The van der Waals surface area contributed by atoms with E-state index in [1.165, 1.54) is 11.0 Å². The van der Waals surface area contributed by atoms with E-state index in [1.54, 1.807) is 36.4 Å². The Morgan fingerprint density at radius 1 is 1.18 bits per heavy atom. The molecule has 1 saturated heterocycles. The quantitative estimate of drug-likeness (QED) is 0.357. The summed E-state index contributed by atoms with van der Waals surface area (Å²) in [5.74, 6) is -1.58. The highest BCUT2D eigenvalue weighted by atomic mass is 19.1. The van der Waals surface area contributed by atoms with Crippen LogP contribution in [0.15, 0.2) is 48.0 Å². The second-order valence-electron chi connectivity index (χ2n) is 8.85. The molecule has 4 rings (SSSR count). The highest BCUT2D eigenvalue weighted by Gasteiger charge is 2.46. The summed E-state index contributed by atoms with van der Waals surface area (Å²) in [7, 11) is 0. The van der Waals surface area contributed by atoms with Gasteiger partial charge in [-0.05, 0) is 62.8 Å². The number of carbonyl (C=O) groups is 2. The number of halogens is 1. The third-order valence-corrected chi connectivity index (χ3v) is 6.68. The lowest BCUT2D eigenvalue weighted by atomic mass is 9.94. The number of amides is 1. The molecule has 180 valence electrons. The van der Waals surface area contributed by atoms with Gasteiger partial charge in [-0.2, -0.15) is 0 Å². The number of fused-ring (bicyclic) bond motifs is 1. The lowest BCUT2D eigenvalue weighted by Gasteiger charge is -2.27. The van der Waals surface area contributed by atoms with E-state index in [4.69, 9.17) is 4.74 Å².